The minimum atomic E-state index is 0.660. The molecule has 0 radical (unpaired) electrons. The van der Waals surface area contributed by atoms with Crippen LogP contribution in [-0.4, -0.2) is 25.2 Å². The Morgan fingerprint density at radius 3 is 2.71 bits per heavy atom. The summed E-state index contributed by atoms with van der Waals surface area (Å²) < 4.78 is 0. The normalized spacial score (nSPS) is 40.4. The lowest BCUT2D eigenvalue weighted by Gasteiger charge is -2.33. The second kappa shape index (κ2) is 4.89. The molecule has 2 N–H and O–H groups in total. The fourth-order valence-electron chi connectivity index (χ4n) is 3.74. The van der Waals surface area contributed by atoms with Crippen LogP contribution in [0.15, 0.2) is 0 Å². The number of hydrogen-bond donors (Lipinski definition) is 2. The molecule has 1 saturated heterocycles. The minimum Gasteiger partial charge on any atom is -0.314 e. The van der Waals surface area contributed by atoms with E-state index in [-0.39, 0.29) is 0 Å². The zero-order valence-corrected chi connectivity index (χ0v) is 11.3. The van der Waals surface area contributed by atoms with Crippen LogP contribution in [0.3, 0.4) is 0 Å². The summed E-state index contributed by atoms with van der Waals surface area (Å²) in [6.45, 7) is 4.95. The molecule has 0 aromatic carbocycles. The van der Waals surface area contributed by atoms with Gasteiger partial charge in [0.15, 0.2) is 0 Å². The molecule has 0 aromatic heterocycles. The van der Waals surface area contributed by atoms with Crippen molar-refractivity contribution in [3.05, 3.63) is 0 Å². The van der Waals surface area contributed by atoms with Crippen LogP contribution in [0.2, 0.25) is 0 Å². The molecule has 0 spiro atoms. The van der Waals surface area contributed by atoms with Gasteiger partial charge in [0.2, 0.25) is 0 Å². The molecule has 0 aromatic rings. The zero-order valence-electron chi connectivity index (χ0n) is 11.3. The van der Waals surface area contributed by atoms with Gasteiger partial charge in [-0.3, -0.25) is 0 Å². The molecular formula is C15H28N2. The number of rotatable bonds is 4. The molecule has 3 unspecified atom stereocenters. The van der Waals surface area contributed by atoms with E-state index in [4.69, 9.17) is 0 Å². The molecule has 3 aliphatic rings. The highest BCUT2D eigenvalue weighted by atomic mass is 15.0. The summed E-state index contributed by atoms with van der Waals surface area (Å²) in [5.41, 5.74) is 0.660. The zero-order chi connectivity index (χ0) is 11.7. The van der Waals surface area contributed by atoms with Crippen LogP contribution in [0.1, 0.15) is 58.3 Å². The minimum absolute atomic E-state index is 0.660. The Kier molecular flexibility index (Phi) is 3.45. The van der Waals surface area contributed by atoms with Crippen molar-refractivity contribution in [1.29, 1.82) is 0 Å². The number of nitrogens with one attached hydrogen (secondary N) is 2. The lowest BCUT2D eigenvalue weighted by Crippen LogP contribution is -2.47. The van der Waals surface area contributed by atoms with E-state index in [9.17, 15) is 0 Å². The van der Waals surface area contributed by atoms with E-state index < -0.39 is 0 Å². The lowest BCUT2D eigenvalue weighted by atomic mass is 9.88. The lowest BCUT2D eigenvalue weighted by molar-refractivity contribution is 0.251. The van der Waals surface area contributed by atoms with Crippen molar-refractivity contribution in [2.24, 2.45) is 11.3 Å². The van der Waals surface area contributed by atoms with Gasteiger partial charge < -0.3 is 10.6 Å². The van der Waals surface area contributed by atoms with E-state index >= 15 is 0 Å². The SMILES string of the molecule is CC1(CNC2CCCC2C2CCCCN2)CC1. The molecule has 2 heteroatoms. The molecule has 98 valence electrons. The average molecular weight is 236 g/mol. The average Bonchev–Trinajstić information content (AvgIpc) is 2.93. The van der Waals surface area contributed by atoms with Crippen LogP contribution in [0.4, 0.5) is 0 Å². The van der Waals surface area contributed by atoms with Crippen LogP contribution in [0, 0.1) is 11.3 Å². The van der Waals surface area contributed by atoms with Crippen molar-refractivity contribution in [2.45, 2.75) is 70.4 Å². The summed E-state index contributed by atoms with van der Waals surface area (Å²) in [6, 6.07) is 1.62. The van der Waals surface area contributed by atoms with E-state index in [1.807, 2.05) is 0 Å². The monoisotopic (exact) mass is 236 g/mol. The topological polar surface area (TPSA) is 24.1 Å². The van der Waals surface area contributed by atoms with Gasteiger partial charge in [-0.2, -0.15) is 0 Å². The van der Waals surface area contributed by atoms with Gasteiger partial charge in [-0.15, -0.1) is 0 Å². The predicted molar refractivity (Wildman–Crippen MR) is 72.1 cm³/mol. The third-order valence-electron chi connectivity index (χ3n) is 5.33. The molecule has 2 aliphatic carbocycles. The molecule has 3 fully saturated rings. The summed E-state index contributed by atoms with van der Waals surface area (Å²) in [5.74, 6) is 0.914. The van der Waals surface area contributed by atoms with Gasteiger partial charge in [-0.1, -0.05) is 19.8 Å². The van der Waals surface area contributed by atoms with Gasteiger partial charge in [0.05, 0.1) is 0 Å². The Bertz CT molecular complexity index is 254. The van der Waals surface area contributed by atoms with Gasteiger partial charge >= 0.3 is 0 Å². The summed E-state index contributed by atoms with van der Waals surface area (Å²) in [4.78, 5) is 0. The molecule has 0 amide bonds. The largest absolute Gasteiger partial charge is 0.314 e. The summed E-state index contributed by atoms with van der Waals surface area (Å²) in [7, 11) is 0. The molecule has 1 aliphatic heterocycles. The summed E-state index contributed by atoms with van der Waals surface area (Å²) in [6.07, 6.45) is 11.4. The van der Waals surface area contributed by atoms with Gasteiger partial charge in [0.25, 0.3) is 0 Å². The first-order chi connectivity index (χ1) is 8.27. The molecular weight excluding hydrogens is 208 g/mol. The first-order valence-electron chi connectivity index (χ1n) is 7.74. The van der Waals surface area contributed by atoms with Crippen molar-refractivity contribution in [3.63, 3.8) is 0 Å². The molecule has 2 saturated carbocycles. The van der Waals surface area contributed by atoms with Crippen molar-refractivity contribution in [1.82, 2.24) is 10.6 Å². The second-order valence-corrected chi connectivity index (χ2v) is 6.95. The smallest absolute Gasteiger partial charge is 0.0110 e. The highest BCUT2D eigenvalue weighted by molar-refractivity contribution is 4.96. The number of hydrogen-bond acceptors (Lipinski definition) is 2. The second-order valence-electron chi connectivity index (χ2n) is 6.95. The maximum atomic E-state index is 3.89. The highest BCUT2D eigenvalue weighted by Gasteiger charge is 2.39. The quantitative estimate of drug-likeness (QED) is 0.784. The van der Waals surface area contributed by atoms with Crippen molar-refractivity contribution in [2.75, 3.05) is 13.1 Å². The van der Waals surface area contributed by atoms with Gasteiger partial charge in [-0.25, -0.2) is 0 Å². The molecule has 17 heavy (non-hydrogen) atoms. The van der Waals surface area contributed by atoms with Crippen LogP contribution < -0.4 is 10.6 Å². The summed E-state index contributed by atoms with van der Waals surface area (Å²) in [5, 5.41) is 7.66. The maximum Gasteiger partial charge on any atom is 0.0110 e. The van der Waals surface area contributed by atoms with Crippen LogP contribution in [0.5, 0.6) is 0 Å². The van der Waals surface area contributed by atoms with Gasteiger partial charge in [0, 0.05) is 18.6 Å². The van der Waals surface area contributed by atoms with E-state index in [0.29, 0.717) is 5.41 Å². The summed E-state index contributed by atoms with van der Waals surface area (Å²) >= 11 is 0. The Balaban J connectivity index is 1.51. The fraction of sp³-hybridized carbons (Fsp3) is 1.00. The maximum absolute atomic E-state index is 3.89. The Labute approximate surface area is 106 Å². The van der Waals surface area contributed by atoms with E-state index in [1.165, 1.54) is 64.5 Å². The molecule has 3 rings (SSSR count). The molecule has 1 heterocycles. The first kappa shape index (κ1) is 12.0. The fourth-order valence-corrected chi connectivity index (χ4v) is 3.74. The molecule has 0 bridgehead atoms. The third kappa shape index (κ3) is 2.85. The highest BCUT2D eigenvalue weighted by Crippen LogP contribution is 2.44. The molecule has 2 nitrogen and oxygen atoms in total. The standard InChI is InChI=1S/C15H28N2/c1-15(8-9-15)11-17-14-7-4-5-12(14)13-6-2-3-10-16-13/h12-14,16-17H,2-11H2,1H3. The van der Waals surface area contributed by atoms with E-state index in [2.05, 4.69) is 17.6 Å². The number of piperidine rings is 1. The first-order valence-corrected chi connectivity index (χ1v) is 7.74. The molecule has 3 atom stereocenters. The third-order valence-corrected chi connectivity index (χ3v) is 5.33. The van der Waals surface area contributed by atoms with Crippen LogP contribution in [0.25, 0.3) is 0 Å². The van der Waals surface area contributed by atoms with Crippen molar-refractivity contribution < 1.29 is 0 Å². The van der Waals surface area contributed by atoms with Crippen molar-refractivity contribution >= 4 is 0 Å². The van der Waals surface area contributed by atoms with E-state index in [0.717, 1.165) is 18.0 Å². The van der Waals surface area contributed by atoms with Crippen molar-refractivity contribution in [3.8, 4) is 0 Å². The van der Waals surface area contributed by atoms with E-state index in [1.54, 1.807) is 0 Å². The Morgan fingerprint density at radius 1 is 1.12 bits per heavy atom. The van der Waals surface area contributed by atoms with Crippen LogP contribution in [-0.2, 0) is 0 Å². The van der Waals surface area contributed by atoms with Gasteiger partial charge in [-0.05, 0) is 56.4 Å². The van der Waals surface area contributed by atoms with Gasteiger partial charge in [0.1, 0.15) is 0 Å². The van der Waals surface area contributed by atoms with Crippen LogP contribution >= 0.6 is 0 Å². The Morgan fingerprint density at radius 2 is 2.00 bits per heavy atom. The predicted octanol–water partition coefficient (Wildman–Crippen LogP) is 2.69. The Hall–Kier alpha value is -0.0800.